The number of aryl methyl sites for hydroxylation is 3. The van der Waals surface area contributed by atoms with E-state index in [0.29, 0.717) is 6.04 Å². The van der Waals surface area contributed by atoms with Gasteiger partial charge in [0.25, 0.3) is 0 Å². The minimum absolute atomic E-state index is 0.506. The Morgan fingerprint density at radius 2 is 1.65 bits per heavy atom. The van der Waals surface area contributed by atoms with Gasteiger partial charge in [0.15, 0.2) is 5.17 Å². The Morgan fingerprint density at radius 1 is 1.04 bits per heavy atom. The van der Waals surface area contributed by atoms with Gasteiger partial charge < -0.3 is 5.32 Å². The summed E-state index contributed by atoms with van der Waals surface area (Å²) in [4.78, 5) is 5.10. The van der Waals surface area contributed by atoms with Crippen LogP contribution in [0.3, 0.4) is 0 Å². The summed E-state index contributed by atoms with van der Waals surface area (Å²) >= 11 is 1.76. The van der Waals surface area contributed by atoms with Gasteiger partial charge >= 0.3 is 0 Å². The maximum atomic E-state index is 5.10. The lowest BCUT2D eigenvalue weighted by atomic mass is 9.96. The monoisotopic (exact) mass is 374 g/mol. The number of thioether (sulfide) groups is 1. The van der Waals surface area contributed by atoms with Crippen molar-refractivity contribution in [2.75, 3.05) is 11.6 Å². The van der Waals surface area contributed by atoms with Crippen LogP contribution in [0.5, 0.6) is 0 Å². The zero-order valence-corrected chi connectivity index (χ0v) is 18.2. The number of nitrogens with one attached hydrogen (secondary N) is 1. The zero-order valence-electron chi connectivity index (χ0n) is 17.4. The first kappa shape index (κ1) is 21.3. The molecule has 1 aliphatic rings. The third-order valence-corrected chi connectivity index (χ3v) is 6.09. The number of hydrogen-bond donors (Lipinski definition) is 1. The molecule has 0 aromatic heterocycles. The summed E-state index contributed by atoms with van der Waals surface area (Å²) < 4.78 is 0. The molecule has 3 heteroatoms. The number of rotatable bonds is 7. The summed E-state index contributed by atoms with van der Waals surface area (Å²) in [7, 11) is 0. The summed E-state index contributed by atoms with van der Waals surface area (Å²) in [5, 5.41) is 4.83. The second-order valence-electron chi connectivity index (χ2n) is 7.51. The van der Waals surface area contributed by atoms with E-state index in [0.717, 1.165) is 18.0 Å². The summed E-state index contributed by atoms with van der Waals surface area (Å²) in [5.41, 5.74) is 5.70. The Labute approximate surface area is 165 Å². The van der Waals surface area contributed by atoms with Crippen molar-refractivity contribution in [3.63, 3.8) is 0 Å². The number of benzene rings is 1. The van der Waals surface area contributed by atoms with Crippen molar-refractivity contribution >= 4 is 22.6 Å². The second kappa shape index (κ2) is 11.7. The van der Waals surface area contributed by atoms with Crippen LogP contribution in [-0.4, -0.2) is 17.5 Å². The van der Waals surface area contributed by atoms with Crippen molar-refractivity contribution in [1.82, 2.24) is 0 Å². The number of nitrogens with zero attached hydrogens (tertiary/aromatic N) is 1. The van der Waals surface area contributed by atoms with Gasteiger partial charge in [-0.15, -0.1) is 0 Å². The predicted molar refractivity (Wildman–Crippen MR) is 120 cm³/mol. The first-order valence-electron chi connectivity index (χ1n) is 10.7. The van der Waals surface area contributed by atoms with Gasteiger partial charge in [0.1, 0.15) is 0 Å². The molecule has 0 atom stereocenters. The lowest BCUT2D eigenvalue weighted by molar-refractivity contribution is 0.587. The van der Waals surface area contributed by atoms with E-state index in [-0.39, 0.29) is 0 Å². The Kier molecular flexibility index (Phi) is 9.60. The fraction of sp³-hybridized carbons (Fsp3) is 0.696. The smallest absolute Gasteiger partial charge is 0.161 e. The molecule has 2 rings (SSSR count). The summed E-state index contributed by atoms with van der Waals surface area (Å²) in [5.74, 6) is 0. The average molecular weight is 375 g/mol. The Bertz CT molecular complexity index is 547. The maximum Gasteiger partial charge on any atom is 0.161 e. The van der Waals surface area contributed by atoms with Gasteiger partial charge in [0.2, 0.25) is 0 Å². The molecule has 0 spiro atoms. The number of aliphatic imine (C=N–C) groups is 1. The van der Waals surface area contributed by atoms with E-state index in [1.807, 2.05) is 0 Å². The lowest BCUT2D eigenvalue weighted by Gasteiger charge is -2.19. The van der Waals surface area contributed by atoms with E-state index in [4.69, 9.17) is 4.99 Å². The lowest BCUT2D eigenvalue weighted by Crippen LogP contribution is -2.16. The van der Waals surface area contributed by atoms with Crippen LogP contribution in [0.15, 0.2) is 17.1 Å². The van der Waals surface area contributed by atoms with Gasteiger partial charge in [-0.3, -0.25) is 4.99 Å². The van der Waals surface area contributed by atoms with Gasteiger partial charge in [-0.25, -0.2) is 0 Å². The highest BCUT2D eigenvalue weighted by Crippen LogP contribution is 2.28. The van der Waals surface area contributed by atoms with Gasteiger partial charge in [0, 0.05) is 5.69 Å². The SMILES string of the molecule is CCCCc1cc(CC)c(NC(=NC2CCCCCC2)SC)c(CC)c1. The van der Waals surface area contributed by atoms with Crippen LogP contribution in [0, 0.1) is 0 Å². The van der Waals surface area contributed by atoms with Crippen LogP contribution in [-0.2, 0) is 19.3 Å². The molecule has 0 amide bonds. The third-order valence-electron chi connectivity index (χ3n) is 5.49. The Hall–Kier alpha value is -0.960. The molecule has 1 aliphatic carbocycles. The van der Waals surface area contributed by atoms with E-state index in [2.05, 4.69) is 44.5 Å². The molecule has 0 bridgehead atoms. The third kappa shape index (κ3) is 6.33. The molecular weight excluding hydrogens is 336 g/mol. The molecule has 1 fully saturated rings. The molecule has 1 aromatic rings. The maximum absolute atomic E-state index is 5.10. The normalized spacial score (nSPS) is 16.5. The first-order chi connectivity index (χ1) is 12.7. The highest BCUT2D eigenvalue weighted by molar-refractivity contribution is 8.13. The molecule has 0 heterocycles. The minimum Gasteiger partial charge on any atom is -0.335 e. The average Bonchev–Trinajstić information content (AvgIpc) is 2.94. The quantitative estimate of drug-likeness (QED) is 0.315. The Morgan fingerprint density at radius 3 is 2.15 bits per heavy atom. The number of unbranched alkanes of at least 4 members (excludes halogenated alkanes) is 1. The van der Waals surface area contributed by atoms with Crippen molar-refractivity contribution in [1.29, 1.82) is 0 Å². The highest BCUT2D eigenvalue weighted by atomic mass is 32.2. The standard InChI is InChI=1S/C23H38N2S/c1-5-8-13-18-16-19(6-2)22(20(7-3)17-18)25-23(26-4)24-21-14-11-9-10-12-15-21/h16-17,21H,5-15H2,1-4H3,(H,24,25). The van der Waals surface area contributed by atoms with E-state index >= 15 is 0 Å². The van der Waals surface area contributed by atoms with Gasteiger partial charge in [-0.2, -0.15) is 0 Å². The van der Waals surface area contributed by atoms with Crippen molar-refractivity contribution in [3.8, 4) is 0 Å². The van der Waals surface area contributed by atoms with Crippen molar-refractivity contribution < 1.29 is 0 Å². The van der Waals surface area contributed by atoms with Crippen LogP contribution >= 0.6 is 11.8 Å². The summed E-state index contributed by atoms with van der Waals surface area (Å²) in [6.07, 6.45) is 16.0. The van der Waals surface area contributed by atoms with Gasteiger partial charge in [0.05, 0.1) is 6.04 Å². The molecule has 1 N–H and O–H groups in total. The number of anilines is 1. The minimum atomic E-state index is 0.506. The van der Waals surface area contributed by atoms with E-state index in [1.54, 1.807) is 11.8 Å². The van der Waals surface area contributed by atoms with Crippen molar-refractivity contribution in [2.24, 2.45) is 4.99 Å². The second-order valence-corrected chi connectivity index (χ2v) is 8.30. The molecule has 146 valence electrons. The predicted octanol–water partition coefficient (Wildman–Crippen LogP) is 7.01. The fourth-order valence-corrected chi connectivity index (χ4v) is 4.34. The Balaban J connectivity index is 2.24. The molecule has 0 aliphatic heterocycles. The van der Waals surface area contributed by atoms with Crippen molar-refractivity contribution in [3.05, 3.63) is 28.8 Å². The van der Waals surface area contributed by atoms with Crippen LogP contribution in [0.25, 0.3) is 0 Å². The molecule has 2 nitrogen and oxygen atoms in total. The number of amidine groups is 1. The molecule has 0 unspecified atom stereocenters. The largest absolute Gasteiger partial charge is 0.335 e. The summed E-state index contributed by atoms with van der Waals surface area (Å²) in [6.45, 7) is 6.81. The van der Waals surface area contributed by atoms with E-state index < -0.39 is 0 Å². The molecule has 1 aromatic carbocycles. The molecule has 26 heavy (non-hydrogen) atoms. The van der Waals surface area contributed by atoms with Crippen LogP contribution < -0.4 is 5.32 Å². The molecule has 0 saturated heterocycles. The summed E-state index contributed by atoms with van der Waals surface area (Å²) in [6, 6.07) is 5.34. The number of hydrogen-bond acceptors (Lipinski definition) is 2. The van der Waals surface area contributed by atoms with Gasteiger partial charge in [-0.05, 0) is 61.5 Å². The zero-order chi connectivity index (χ0) is 18.8. The van der Waals surface area contributed by atoms with Crippen LogP contribution in [0.2, 0.25) is 0 Å². The topological polar surface area (TPSA) is 24.4 Å². The molecule has 0 radical (unpaired) electrons. The van der Waals surface area contributed by atoms with E-state index in [9.17, 15) is 0 Å². The van der Waals surface area contributed by atoms with E-state index in [1.165, 1.54) is 80.2 Å². The van der Waals surface area contributed by atoms with Crippen LogP contribution in [0.1, 0.15) is 88.8 Å². The first-order valence-corrected chi connectivity index (χ1v) is 12.0. The van der Waals surface area contributed by atoms with Crippen molar-refractivity contribution in [2.45, 2.75) is 97.4 Å². The molecular formula is C23H38N2S. The molecule has 1 saturated carbocycles. The van der Waals surface area contributed by atoms with Crippen LogP contribution in [0.4, 0.5) is 5.69 Å². The highest BCUT2D eigenvalue weighted by Gasteiger charge is 2.14. The van der Waals surface area contributed by atoms with Gasteiger partial charge in [-0.1, -0.05) is 76.8 Å². The fourth-order valence-electron chi connectivity index (χ4n) is 3.88.